The van der Waals surface area contributed by atoms with Gasteiger partial charge < -0.3 is 25.5 Å². The molecule has 0 aliphatic carbocycles. The number of aliphatic hydroxyl groups excluding tert-OH is 5. The summed E-state index contributed by atoms with van der Waals surface area (Å²) in [6.07, 6.45) is -5.36. The molecule has 0 saturated carbocycles. The number of hydrazone groups is 1. The van der Waals surface area contributed by atoms with E-state index in [4.69, 9.17) is 5.11 Å². The van der Waals surface area contributed by atoms with Crippen molar-refractivity contribution in [3.8, 4) is 0 Å². The molecule has 0 aromatic heterocycles. The molecule has 5 N–H and O–H groups in total. The van der Waals surface area contributed by atoms with Gasteiger partial charge in [0.05, 0.1) is 25.1 Å². The van der Waals surface area contributed by atoms with E-state index in [0.717, 1.165) is 17.5 Å². The average molecular weight is 360 g/mol. The summed E-state index contributed by atoms with van der Waals surface area (Å²) in [5.41, 5.74) is 1.78. The molecule has 4 atom stereocenters. The highest BCUT2D eigenvalue weighted by Crippen LogP contribution is 2.17. The topological polar surface area (TPSA) is 117 Å². The Kier molecular flexibility index (Phi) is 7.71. The molecule has 26 heavy (non-hydrogen) atoms. The summed E-state index contributed by atoms with van der Waals surface area (Å²) in [4.78, 5) is 0. The van der Waals surface area contributed by atoms with Crippen LogP contribution in [0, 0.1) is 0 Å². The molecule has 0 saturated heterocycles. The zero-order valence-corrected chi connectivity index (χ0v) is 14.2. The first-order chi connectivity index (χ1) is 12.5. The Morgan fingerprint density at radius 3 is 2.00 bits per heavy atom. The van der Waals surface area contributed by atoms with Crippen LogP contribution in [0.2, 0.25) is 0 Å². The number of hydrogen-bond donors (Lipinski definition) is 5. The number of aliphatic hydroxyl groups is 5. The van der Waals surface area contributed by atoms with Gasteiger partial charge in [-0.2, -0.15) is 5.10 Å². The summed E-state index contributed by atoms with van der Waals surface area (Å²) in [5.74, 6) is 0. The molecule has 0 aliphatic heterocycles. The zero-order chi connectivity index (χ0) is 18.9. The molecule has 0 unspecified atom stereocenters. The quantitative estimate of drug-likeness (QED) is 0.320. The molecule has 0 fully saturated rings. The largest absolute Gasteiger partial charge is 0.394 e. The van der Waals surface area contributed by atoms with Crippen molar-refractivity contribution in [1.82, 2.24) is 0 Å². The van der Waals surface area contributed by atoms with Crippen LogP contribution in [0.4, 0.5) is 5.69 Å². The van der Waals surface area contributed by atoms with Crippen molar-refractivity contribution in [1.29, 1.82) is 0 Å². The summed E-state index contributed by atoms with van der Waals surface area (Å²) in [6, 6.07) is 18.9. The lowest BCUT2D eigenvalue weighted by Gasteiger charge is -2.24. The molecule has 2 rings (SSSR count). The molecule has 140 valence electrons. The molecule has 2 aromatic rings. The van der Waals surface area contributed by atoms with Crippen molar-refractivity contribution in [3.05, 3.63) is 66.2 Å². The molecule has 0 heterocycles. The van der Waals surface area contributed by atoms with Gasteiger partial charge >= 0.3 is 0 Å². The molecule has 0 bridgehead atoms. The molecule has 7 heteroatoms. The Bertz CT molecular complexity index is 668. The van der Waals surface area contributed by atoms with Gasteiger partial charge in [0.1, 0.15) is 24.4 Å². The predicted molar refractivity (Wildman–Crippen MR) is 98.7 cm³/mol. The maximum absolute atomic E-state index is 10.0. The fourth-order valence-electron chi connectivity index (χ4n) is 2.33. The molecule has 2 aromatic carbocycles. The van der Waals surface area contributed by atoms with Crippen molar-refractivity contribution in [2.24, 2.45) is 5.10 Å². The van der Waals surface area contributed by atoms with Gasteiger partial charge in [-0.25, -0.2) is 0 Å². The monoisotopic (exact) mass is 360 g/mol. The predicted octanol–water partition coefficient (Wildman–Crippen LogP) is 0.115. The zero-order valence-electron chi connectivity index (χ0n) is 14.2. The van der Waals surface area contributed by atoms with E-state index in [2.05, 4.69) is 5.10 Å². The third-order valence-electron chi connectivity index (χ3n) is 3.87. The third-order valence-corrected chi connectivity index (χ3v) is 3.87. The highest BCUT2D eigenvalue weighted by Gasteiger charge is 2.29. The van der Waals surface area contributed by atoms with Crippen LogP contribution in [0.3, 0.4) is 0 Å². The molecule has 0 radical (unpaired) electrons. The van der Waals surface area contributed by atoms with Crippen LogP contribution in [-0.2, 0) is 6.54 Å². The number of rotatable bonds is 9. The number of nitrogens with zero attached hydrogens (tertiary/aromatic N) is 2. The van der Waals surface area contributed by atoms with Gasteiger partial charge in [-0.1, -0.05) is 48.5 Å². The second-order valence-electron chi connectivity index (χ2n) is 5.87. The van der Waals surface area contributed by atoms with Crippen LogP contribution in [-0.4, -0.2) is 62.8 Å². The average Bonchev–Trinajstić information content (AvgIpc) is 2.70. The van der Waals surface area contributed by atoms with Gasteiger partial charge in [0.15, 0.2) is 0 Å². The van der Waals surface area contributed by atoms with Crippen molar-refractivity contribution in [3.63, 3.8) is 0 Å². The maximum atomic E-state index is 10.0. The van der Waals surface area contributed by atoms with E-state index in [-0.39, 0.29) is 0 Å². The van der Waals surface area contributed by atoms with Crippen LogP contribution in [0.5, 0.6) is 0 Å². The van der Waals surface area contributed by atoms with Crippen LogP contribution in [0.15, 0.2) is 65.8 Å². The second kappa shape index (κ2) is 10.0. The number of benzene rings is 2. The van der Waals surface area contributed by atoms with Gasteiger partial charge in [0.25, 0.3) is 0 Å². The van der Waals surface area contributed by atoms with Crippen LogP contribution in [0.25, 0.3) is 0 Å². The molecular weight excluding hydrogens is 336 g/mol. The Labute approximate surface area is 152 Å². The normalized spacial score (nSPS) is 16.2. The highest BCUT2D eigenvalue weighted by molar-refractivity contribution is 5.66. The van der Waals surface area contributed by atoms with Crippen molar-refractivity contribution >= 4 is 11.9 Å². The van der Waals surface area contributed by atoms with E-state index < -0.39 is 31.0 Å². The fraction of sp³-hybridized carbons (Fsp3) is 0.316. The molecular formula is C19H24N2O5. The Morgan fingerprint density at radius 2 is 1.42 bits per heavy atom. The lowest BCUT2D eigenvalue weighted by atomic mass is 10.0. The van der Waals surface area contributed by atoms with E-state index in [1.165, 1.54) is 0 Å². The Balaban J connectivity index is 2.14. The summed E-state index contributed by atoms with van der Waals surface area (Å²) in [6.45, 7) is -0.293. The fourth-order valence-corrected chi connectivity index (χ4v) is 2.33. The highest BCUT2D eigenvalue weighted by atomic mass is 16.4. The van der Waals surface area contributed by atoms with E-state index in [1.54, 1.807) is 5.01 Å². The van der Waals surface area contributed by atoms with E-state index in [9.17, 15) is 20.4 Å². The maximum Gasteiger partial charge on any atom is 0.119 e. The van der Waals surface area contributed by atoms with Crippen molar-refractivity contribution in [2.75, 3.05) is 11.6 Å². The van der Waals surface area contributed by atoms with Gasteiger partial charge in [-0.15, -0.1) is 0 Å². The first-order valence-corrected chi connectivity index (χ1v) is 8.26. The first-order valence-electron chi connectivity index (χ1n) is 8.26. The van der Waals surface area contributed by atoms with Gasteiger partial charge in [0, 0.05) is 0 Å². The third kappa shape index (κ3) is 5.62. The van der Waals surface area contributed by atoms with Crippen LogP contribution < -0.4 is 5.01 Å². The Morgan fingerprint density at radius 1 is 0.846 bits per heavy atom. The molecule has 0 spiro atoms. The minimum absolute atomic E-state index is 0.436. The van der Waals surface area contributed by atoms with Crippen LogP contribution >= 0.6 is 0 Å². The first kappa shape index (κ1) is 20.0. The number of anilines is 1. The van der Waals surface area contributed by atoms with Gasteiger partial charge in [-0.05, 0) is 17.7 Å². The lowest BCUT2D eigenvalue weighted by Crippen LogP contribution is -2.46. The van der Waals surface area contributed by atoms with E-state index in [1.807, 2.05) is 60.7 Å². The SMILES string of the molecule is OC[C@H](O)[C@@H](O)[C@H](O)[C@H](O)/C=N/N(Cc1ccccc1)c1ccccc1. The smallest absolute Gasteiger partial charge is 0.119 e. The number of para-hydroxylation sites is 1. The molecule has 0 amide bonds. The van der Waals surface area contributed by atoms with E-state index >= 15 is 0 Å². The van der Waals surface area contributed by atoms with Gasteiger partial charge in [-0.3, -0.25) is 5.01 Å². The molecule has 0 aliphatic rings. The van der Waals surface area contributed by atoms with Crippen molar-refractivity contribution < 1.29 is 25.5 Å². The summed E-state index contributed by atoms with van der Waals surface area (Å²) < 4.78 is 0. The summed E-state index contributed by atoms with van der Waals surface area (Å²) in [7, 11) is 0. The molecule has 7 nitrogen and oxygen atoms in total. The van der Waals surface area contributed by atoms with Gasteiger partial charge in [0.2, 0.25) is 0 Å². The number of hydrogen-bond acceptors (Lipinski definition) is 7. The van der Waals surface area contributed by atoms with Crippen LogP contribution in [0.1, 0.15) is 5.56 Å². The minimum Gasteiger partial charge on any atom is -0.394 e. The lowest BCUT2D eigenvalue weighted by molar-refractivity contribution is -0.0999. The van der Waals surface area contributed by atoms with E-state index in [0.29, 0.717) is 6.54 Å². The van der Waals surface area contributed by atoms with Crippen molar-refractivity contribution in [2.45, 2.75) is 31.0 Å². The summed E-state index contributed by atoms with van der Waals surface area (Å²) >= 11 is 0. The Hall–Kier alpha value is -2.29. The standard InChI is InChI=1S/C19H24N2O5/c22-13-17(24)19(26)18(25)16(23)11-20-21(15-9-5-2-6-10-15)12-14-7-3-1-4-8-14/h1-11,16-19,22-26H,12-13H2/b20-11+/t16-,17+,18-,19-/m1/s1. The summed E-state index contributed by atoms with van der Waals surface area (Å²) in [5, 5.41) is 53.6. The minimum atomic E-state index is -1.69. The second-order valence-corrected chi connectivity index (χ2v) is 5.87.